The van der Waals surface area contributed by atoms with Gasteiger partial charge in [0.05, 0.1) is 12.3 Å². The van der Waals surface area contributed by atoms with Crippen LogP contribution in [0.1, 0.15) is 31.9 Å². The summed E-state index contributed by atoms with van der Waals surface area (Å²) in [5, 5.41) is 7.37. The van der Waals surface area contributed by atoms with Gasteiger partial charge in [0.15, 0.2) is 0 Å². The first-order valence-corrected chi connectivity index (χ1v) is 10.7. The molecular formula is C23H27ClN4O2. The summed E-state index contributed by atoms with van der Waals surface area (Å²) in [5.74, 6) is -0.0302. The number of halogens is 1. The average Bonchev–Trinajstić information content (AvgIpc) is 2.96. The number of anilines is 1. The minimum absolute atomic E-state index is 0.188. The number of benzene rings is 2. The Morgan fingerprint density at radius 1 is 1.17 bits per heavy atom. The molecule has 0 radical (unpaired) electrons. The fraction of sp³-hybridized carbons (Fsp3) is 0.391. The maximum absolute atomic E-state index is 12.8. The van der Waals surface area contributed by atoms with Crippen LogP contribution in [0.3, 0.4) is 0 Å². The van der Waals surface area contributed by atoms with E-state index >= 15 is 0 Å². The van der Waals surface area contributed by atoms with Crippen molar-refractivity contribution in [3.63, 3.8) is 0 Å². The average molecular weight is 427 g/mol. The highest BCUT2D eigenvalue weighted by molar-refractivity contribution is 6.36. The van der Waals surface area contributed by atoms with Crippen molar-refractivity contribution in [3.05, 3.63) is 65.2 Å². The number of hydrazone groups is 1. The summed E-state index contributed by atoms with van der Waals surface area (Å²) in [7, 11) is 2.14. The Balaban J connectivity index is 1.78. The van der Waals surface area contributed by atoms with Crippen LogP contribution in [-0.2, 0) is 9.53 Å². The highest BCUT2D eigenvalue weighted by Crippen LogP contribution is 2.43. The van der Waals surface area contributed by atoms with Gasteiger partial charge in [-0.25, -0.2) is 9.80 Å². The van der Waals surface area contributed by atoms with Gasteiger partial charge in [0.1, 0.15) is 5.66 Å². The molecule has 4 rings (SSSR count). The number of likely N-dealkylation sites (N-methyl/N-ethyl adjacent to an activating group) is 1. The molecule has 0 saturated carbocycles. The number of carbonyl (C=O) groups excluding carboxylic acids is 1. The normalized spacial score (nSPS) is 24.3. The van der Waals surface area contributed by atoms with Crippen molar-refractivity contribution in [1.29, 1.82) is 0 Å². The van der Waals surface area contributed by atoms with Crippen LogP contribution in [0.5, 0.6) is 0 Å². The lowest BCUT2D eigenvalue weighted by molar-refractivity contribution is -0.136. The molecule has 0 aromatic heterocycles. The van der Waals surface area contributed by atoms with Crippen molar-refractivity contribution >= 4 is 29.1 Å². The van der Waals surface area contributed by atoms with Gasteiger partial charge in [0.25, 0.3) is 0 Å². The summed E-state index contributed by atoms with van der Waals surface area (Å²) in [6, 6.07) is 18.3. The lowest BCUT2D eigenvalue weighted by Gasteiger charge is -2.41. The first kappa shape index (κ1) is 20.7. The molecule has 0 N–H and O–H groups in total. The summed E-state index contributed by atoms with van der Waals surface area (Å²) < 4.78 is 5.33. The second-order valence-electron chi connectivity index (χ2n) is 7.91. The van der Waals surface area contributed by atoms with E-state index in [4.69, 9.17) is 21.4 Å². The van der Waals surface area contributed by atoms with Crippen molar-refractivity contribution in [1.82, 2.24) is 9.80 Å². The van der Waals surface area contributed by atoms with Gasteiger partial charge >= 0.3 is 5.97 Å². The largest absolute Gasteiger partial charge is 0.460 e. The second kappa shape index (κ2) is 8.28. The van der Waals surface area contributed by atoms with E-state index in [1.165, 1.54) is 5.56 Å². The van der Waals surface area contributed by atoms with Crippen LogP contribution >= 0.6 is 11.6 Å². The molecule has 2 aliphatic heterocycles. The molecule has 0 aliphatic carbocycles. The molecule has 0 spiro atoms. The topological polar surface area (TPSA) is 48.4 Å². The van der Waals surface area contributed by atoms with E-state index in [9.17, 15) is 4.79 Å². The van der Waals surface area contributed by atoms with E-state index in [0.717, 1.165) is 18.7 Å². The standard InChI is InChI=1S/C23H27ClN4O2/c1-4-30-22(29)21-25-28(19-12-10-18(24)11-13-19)23(2)16-20(17-8-6-5-7-9-17)26(3)14-15-27(21)23/h5-13,20H,4,14-16H2,1-3H3. The number of nitrogens with zero attached hydrogens (tertiary/aromatic N) is 4. The summed E-state index contributed by atoms with van der Waals surface area (Å²) in [4.78, 5) is 17.2. The third-order valence-electron chi connectivity index (χ3n) is 5.99. The third-order valence-corrected chi connectivity index (χ3v) is 6.24. The molecule has 7 heteroatoms. The van der Waals surface area contributed by atoms with E-state index in [2.05, 4.69) is 48.0 Å². The lowest BCUT2D eigenvalue weighted by Crippen LogP contribution is -2.55. The Morgan fingerprint density at radius 3 is 2.53 bits per heavy atom. The van der Waals surface area contributed by atoms with Gasteiger partial charge in [-0.3, -0.25) is 4.90 Å². The van der Waals surface area contributed by atoms with Crippen LogP contribution in [0.15, 0.2) is 59.7 Å². The van der Waals surface area contributed by atoms with Crippen LogP contribution in [0.2, 0.25) is 5.02 Å². The lowest BCUT2D eigenvalue weighted by atomic mass is 9.94. The third kappa shape index (κ3) is 3.66. The minimum Gasteiger partial charge on any atom is -0.460 e. The smallest absolute Gasteiger partial charge is 0.376 e. The second-order valence-corrected chi connectivity index (χ2v) is 8.35. The molecule has 6 nitrogen and oxygen atoms in total. The van der Waals surface area contributed by atoms with Crippen LogP contribution in [0.4, 0.5) is 5.69 Å². The number of amidine groups is 1. The van der Waals surface area contributed by atoms with Crippen LogP contribution < -0.4 is 5.01 Å². The Bertz CT molecular complexity index is 934. The molecule has 158 valence electrons. The van der Waals surface area contributed by atoms with E-state index in [-0.39, 0.29) is 12.0 Å². The highest BCUT2D eigenvalue weighted by atomic mass is 35.5. The molecule has 30 heavy (non-hydrogen) atoms. The quantitative estimate of drug-likeness (QED) is 0.688. The fourth-order valence-corrected chi connectivity index (χ4v) is 4.52. The molecule has 2 atom stereocenters. The monoisotopic (exact) mass is 426 g/mol. The summed E-state index contributed by atoms with van der Waals surface area (Å²) in [5.41, 5.74) is 1.62. The zero-order valence-electron chi connectivity index (χ0n) is 17.6. The van der Waals surface area contributed by atoms with Crippen molar-refractivity contribution in [3.8, 4) is 0 Å². The minimum atomic E-state index is -0.527. The van der Waals surface area contributed by atoms with Crippen molar-refractivity contribution in [2.45, 2.75) is 32.0 Å². The Labute approximate surface area is 182 Å². The molecule has 2 unspecified atom stereocenters. The van der Waals surface area contributed by atoms with Crippen molar-refractivity contribution in [2.75, 3.05) is 31.8 Å². The van der Waals surface area contributed by atoms with E-state index in [0.29, 0.717) is 24.0 Å². The predicted molar refractivity (Wildman–Crippen MR) is 120 cm³/mol. The number of hydrogen-bond donors (Lipinski definition) is 0. The molecule has 2 aromatic carbocycles. The number of rotatable bonds is 4. The van der Waals surface area contributed by atoms with Gasteiger partial charge < -0.3 is 9.64 Å². The Kier molecular flexibility index (Phi) is 5.71. The number of carbonyl (C=O) groups is 1. The number of esters is 1. The molecule has 0 amide bonds. The first-order chi connectivity index (χ1) is 14.4. The van der Waals surface area contributed by atoms with Gasteiger partial charge in [-0.1, -0.05) is 41.9 Å². The summed E-state index contributed by atoms with van der Waals surface area (Å²) in [6.45, 7) is 5.76. The molecule has 1 fully saturated rings. The maximum Gasteiger partial charge on any atom is 0.376 e. The number of fused-ring (bicyclic) bond motifs is 1. The van der Waals surface area contributed by atoms with Gasteiger partial charge in [-0.2, -0.15) is 0 Å². The first-order valence-electron chi connectivity index (χ1n) is 10.3. The molecule has 0 bridgehead atoms. The van der Waals surface area contributed by atoms with E-state index in [1.54, 1.807) is 0 Å². The zero-order valence-corrected chi connectivity index (χ0v) is 18.3. The van der Waals surface area contributed by atoms with Crippen LogP contribution in [0, 0.1) is 0 Å². The van der Waals surface area contributed by atoms with Gasteiger partial charge in [0.2, 0.25) is 5.84 Å². The Hall–Kier alpha value is -2.57. The van der Waals surface area contributed by atoms with Gasteiger partial charge in [-0.15, -0.1) is 5.10 Å². The summed E-state index contributed by atoms with van der Waals surface area (Å²) >= 11 is 6.11. The van der Waals surface area contributed by atoms with Gasteiger partial charge in [-0.05, 0) is 50.7 Å². The maximum atomic E-state index is 12.8. The van der Waals surface area contributed by atoms with Gasteiger partial charge in [0, 0.05) is 30.6 Å². The SMILES string of the molecule is CCOC(=O)C1=NN(c2ccc(Cl)cc2)C2(C)CC(c3ccccc3)N(C)CCN12. The van der Waals surface area contributed by atoms with Crippen LogP contribution in [-0.4, -0.2) is 54.0 Å². The molecule has 2 heterocycles. The summed E-state index contributed by atoms with van der Waals surface area (Å²) in [6.07, 6.45) is 0.766. The molecule has 1 saturated heterocycles. The zero-order chi connectivity index (χ0) is 21.3. The predicted octanol–water partition coefficient (Wildman–Crippen LogP) is 4.13. The van der Waals surface area contributed by atoms with Crippen molar-refractivity contribution < 1.29 is 9.53 Å². The van der Waals surface area contributed by atoms with E-state index in [1.807, 2.05) is 42.3 Å². The highest BCUT2D eigenvalue weighted by Gasteiger charge is 2.51. The van der Waals surface area contributed by atoms with Crippen LogP contribution in [0.25, 0.3) is 0 Å². The number of ether oxygens (including phenoxy) is 1. The number of hydrogen-bond acceptors (Lipinski definition) is 6. The molecular weight excluding hydrogens is 400 g/mol. The van der Waals surface area contributed by atoms with Crippen molar-refractivity contribution in [2.24, 2.45) is 5.10 Å². The molecule has 2 aliphatic rings. The molecule has 2 aromatic rings. The fourth-order valence-electron chi connectivity index (χ4n) is 4.39. The van der Waals surface area contributed by atoms with E-state index < -0.39 is 5.66 Å². The Morgan fingerprint density at radius 2 is 1.87 bits per heavy atom.